The number of hydrogen-bond acceptors (Lipinski definition) is 2. The van der Waals surface area contributed by atoms with Crippen LogP contribution in [-0.4, -0.2) is 7.05 Å². The molecule has 2 rings (SSSR count). The van der Waals surface area contributed by atoms with Crippen LogP contribution in [0.3, 0.4) is 0 Å². The van der Waals surface area contributed by atoms with E-state index in [2.05, 4.69) is 54.2 Å². The van der Waals surface area contributed by atoms with Crippen LogP contribution in [0.5, 0.6) is 0 Å². The Bertz CT molecular complexity index is 587. The molecule has 0 bridgehead atoms. The number of halogens is 2. The molecule has 0 amide bonds. The van der Waals surface area contributed by atoms with Crippen LogP contribution in [0, 0.1) is 20.8 Å². The van der Waals surface area contributed by atoms with Gasteiger partial charge < -0.3 is 5.32 Å². The summed E-state index contributed by atoms with van der Waals surface area (Å²) >= 11 is 11.8. The molecule has 1 heterocycles. The minimum Gasteiger partial charge on any atom is -0.309 e. The van der Waals surface area contributed by atoms with Gasteiger partial charge in [0.15, 0.2) is 0 Å². The molecule has 0 spiro atoms. The molecule has 19 heavy (non-hydrogen) atoms. The van der Waals surface area contributed by atoms with Crippen LogP contribution in [0.25, 0.3) is 0 Å². The molecule has 4 heteroatoms. The number of thiophene rings is 1. The number of benzene rings is 1. The minimum atomic E-state index is 0.141. The van der Waals surface area contributed by atoms with E-state index < -0.39 is 0 Å². The Labute approximate surface area is 132 Å². The van der Waals surface area contributed by atoms with E-state index in [0.29, 0.717) is 0 Å². The molecular weight excluding hydrogens is 342 g/mol. The fourth-order valence-corrected chi connectivity index (χ4v) is 4.13. The summed E-state index contributed by atoms with van der Waals surface area (Å²) in [4.78, 5) is 1.28. The third kappa shape index (κ3) is 3.05. The maximum Gasteiger partial charge on any atom is 0.0731 e. The van der Waals surface area contributed by atoms with Gasteiger partial charge in [0, 0.05) is 9.90 Å². The van der Waals surface area contributed by atoms with Gasteiger partial charge in [-0.15, -0.1) is 11.3 Å². The Morgan fingerprint density at radius 1 is 1.11 bits per heavy atom. The van der Waals surface area contributed by atoms with E-state index in [1.165, 1.54) is 25.4 Å². The predicted octanol–water partition coefficient (Wildman–Crippen LogP) is 5.40. The van der Waals surface area contributed by atoms with Crippen molar-refractivity contribution in [3.05, 3.63) is 54.1 Å². The lowest BCUT2D eigenvalue weighted by Crippen LogP contribution is -2.17. The Morgan fingerprint density at radius 2 is 1.74 bits per heavy atom. The smallest absolute Gasteiger partial charge is 0.0731 e. The third-order valence-corrected chi connectivity index (χ3v) is 5.90. The van der Waals surface area contributed by atoms with Gasteiger partial charge >= 0.3 is 0 Å². The lowest BCUT2D eigenvalue weighted by Gasteiger charge is -2.18. The second-order valence-corrected chi connectivity index (χ2v) is 7.59. The first-order valence-corrected chi connectivity index (χ1v) is 8.12. The van der Waals surface area contributed by atoms with Crippen molar-refractivity contribution in [1.29, 1.82) is 0 Å². The van der Waals surface area contributed by atoms with Gasteiger partial charge in [-0.05, 0) is 78.1 Å². The Kier molecular flexibility index (Phi) is 4.72. The van der Waals surface area contributed by atoms with E-state index in [0.717, 1.165) is 10.6 Å². The highest BCUT2D eigenvalue weighted by Gasteiger charge is 2.19. The number of nitrogens with one attached hydrogen (secondary N) is 1. The van der Waals surface area contributed by atoms with E-state index >= 15 is 0 Å². The molecule has 0 aliphatic rings. The molecule has 0 saturated carbocycles. The van der Waals surface area contributed by atoms with Crippen molar-refractivity contribution in [3.8, 4) is 0 Å². The summed E-state index contributed by atoms with van der Waals surface area (Å²) in [7, 11) is 1.97. The SMILES string of the molecule is CNC(c1cc(C)c(Br)s1)c1cc(C)c(C)cc1Cl. The molecular formula is C15H17BrClNS. The van der Waals surface area contributed by atoms with Crippen LogP contribution < -0.4 is 5.32 Å². The van der Waals surface area contributed by atoms with Gasteiger partial charge in [0.2, 0.25) is 0 Å². The predicted molar refractivity (Wildman–Crippen MR) is 88.6 cm³/mol. The van der Waals surface area contributed by atoms with E-state index in [4.69, 9.17) is 11.6 Å². The van der Waals surface area contributed by atoms with E-state index in [-0.39, 0.29) is 6.04 Å². The van der Waals surface area contributed by atoms with Crippen molar-refractivity contribution in [2.75, 3.05) is 7.05 Å². The summed E-state index contributed by atoms with van der Waals surface area (Å²) < 4.78 is 1.18. The maximum atomic E-state index is 6.42. The van der Waals surface area contributed by atoms with Crippen LogP contribution >= 0.6 is 38.9 Å². The average molecular weight is 359 g/mol. The van der Waals surface area contributed by atoms with Crippen LogP contribution in [0.4, 0.5) is 0 Å². The van der Waals surface area contributed by atoms with E-state index in [1.807, 2.05) is 13.1 Å². The quantitative estimate of drug-likeness (QED) is 0.774. The zero-order chi connectivity index (χ0) is 14.2. The van der Waals surface area contributed by atoms with Gasteiger partial charge in [-0.25, -0.2) is 0 Å². The molecule has 1 atom stereocenters. The highest BCUT2D eigenvalue weighted by atomic mass is 79.9. The highest BCUT2D eigenvalue weighted by molar-refractivity contribution is 9.11. The van der Waals surface area contributed by atoms with Crippen LogP contribution in [-0.2, 0) is 0 Å². The van der Waals surface area contributed by atoms with Gasteiger partial charge in [-0.2, -0.15) is 0 Å². The van der Waals surface area contributed by atoms with E-state index in [9.17, 15) is 0 Å². The van der Waals surface area contributed by atoms with Crippen molar-refractivity contribution in [1.82, 2.24) is 5.32 Å². The molecule has 1 aromatic carbocycles. The average Bonchev–Trinajstić information content (AvgIpc) is 2.67. The van der Waals surface area contributed by atoms with Crippen molar-refractivity contribution >= 4 is 38.9 Å². The fourth-order valence-electron chi connectivity index (χ4n) is 2.10. The zero-order valence-electron chi connectivity index (χ0n) is 11.5. The van der Waals surface area contributed by atoms with Crippen molar-refractivity contribution < 1.29 is 0 Å². The molecule has 0 aliphatic carbocycles. The Balaban J connectivity index is 2.50. The zero-order valence-corrected chi connectivity index (χ0v) is 14.6. The summed E-state index contributed by atoms with van der Waals surface area (Å²) in [5.74, 6) is 0. The second kappa shape index (κ2) is 5.96. The standard InChI is InChI=1S/C15H17BrClNS/c1-8-5-11(12(17)6-9(8)2)14(18-4)13-7-10(3)15(16)19-13/h5-7,14,18H,1-4H3. The van der Waals surface area contributed by atoms with Crippen molar-refractivity contribution in [2.24, 2.45) is 0 Å². The summed E-state index contributed by atoms with van der Waals surface area (Å²) in [5.41, 5.74) is 4.90. The molecule has 0 aliphatic heterocycles. The summed E-state index contributed by atoms with van der Waals surface area (Å²) in [6.45, 7) is 6.32. The van der Waals surface area contributed by atoms with Crippen molar-refractivity contribution in [2.45, 2.75) is 26.8 Å². The number of rotatable bonds is 3. The summed E-state index contributed by atoms with van der Waals surface area (Å²) in [6.07, 6.45) is 0. The normalized spacial score (nSPS) is 12.7. The van der Waals surface area contributed by atoms with Crippen molar-refractivity contribution in [3.63, 3.8) is 0 Å². The molecule has 0 fully saturated rings. The molecule has 102 valence electrons. The summed E-state index contributed by atoms with van der Waals surface area (Å²) in [6, 6.07) is 6.58. The van der Waals surface area contributed by atoms with Gasteiger partial charge in [0.05, 0.1) is 9.83 Å². The van der Waals surface area contributed by atoms with Gasteiger partial charge in [-0.3, -0.25) is 0 Å². The molecule has 1 aromatic heterocycles. The second-order valence-electron chi connectivity index (χ2n) is 4.79. The van der Waals surface area contributed by atoms with Crippen LogP contribution in [0.2, 0.25) is 5.02 Å². The first-order valence-electron chi connectivity index (χ1n) is 6.13. The lowest BCUT2D eigenvalue weighted by molar-refractivity contribution is 0.703. The Hall–Kier alpha value is -0.350. The highest BCUT2D eigenvalue weighted by Crippen LogP contribution is 2.37. The monoisotopic (exact) mass is 357 g/mol. The molecule has 1 nitrogen and oxygen atoms in total. The van der Waals surface area contributed by atoms with E-state index in [1.54, 1.807) is 11.3 Å². The number of hydrogen-bond donors (Lipinski definition) is 1. The van der Waals surface area contributed by atoms with Gasteiger partial charge in [0.25, 0.3) is 0 Å². The third-order valence-electron chi connectivity index (χ3n) is 3.37. The topological polar surface area (TPSA) is 12.0 Å². The molecule has 1 N–H and O–H groups in total. The first kappa shape index (κ1) is 15.0. The first-order chi connectivity index (χ1) is 8.93. The minimum absolute atomic E-state index is 0.141. The van der Waals surface area contributed by atoms with Crippen LogP contribution in [0.15, 0.2) is 22.0 Å². The van der Waals surface area contributed by atoms with Gasteiger partial charge in [0.1, 0.15) is 0 Å². The lowest BCUT2D eigenvalue weighted by atomic mass is 9.99. The number of aryl methyl sites for hydroxylation is 3. The maximum absolute atomic E-state index is 6.42. The molecule has 1 unspecified atom stereocenters. The largest absolute Gasteiger partial charge is 0.309 e. The summed E-state index contributed by atoms with van der Waals surface area (Å²) in [5, 5.41) is 4.19. The fraction of sp³-hybridized carbons (Fsp3) is 0.333. The molecule has 0 radical (unpaired) electrons. The Morgan fingerprint density at radius 3 is 2.26 bits per heavy atom. The van der Waals surface area contributed by atoms with Crippen LogP contribution in [0.1, 0.15) is 33.2 Å². The van der Waals surface area contributed by atoms with Gasteiger partial charge in [-0.1, -0.05) is 17.7 Å². The molecule has 0 saturated heterocycles. The molecule has 2 aromatic rings.